The molecule has 0 spiro atoms. The Labute approximate surface area is 107 Å². The molecule has 0 aliphatic heterocycles. The predicted octanol–water partition coefficient (Wildman–Crippen LogP) is 2.13. The number of hydrogen-bond acceptors (Lipinski definition) is 3. The van der Waals surface area contributed by atoms with Gasteiger partial charge in [0.1, 0.15) is 5.78 Å². The van der Waals surface area contributed by atoms with Gasteiger partial charge in [-0.25, -0.2) is 0 Å². The van der Waals surface area contributed by atoms with Crippen LogP contribution in [0.2, 0.25) is 0 Å². The number of carboxylic acid groups (broad SMARTS) is 1. The number of aryl methyl sites for hydroxylation is 1. The largest absolute Gasteiger partial charge is 0.481 e. The number of ketones is 1. The van der Waals surface area contributed by atoms with Crippen molar-refractivity contribution in [3.8, 4) is 0 Å². The second kappa shape index (κ2) is 6.93. The Balaban J connectivity index is 0.000000280. The van der Waals surface area contributed by atoms with E-state index in [1.54, 1.807) is 13.1 Å². The van der Waals surface area contributed by atoms with Crippen molar-refractivity contribution in [3.63, 3.8) is 0 Å². The van der Waals surface area contributed by atoms with Gasteiger partial charge < -0.3 is 5.11 Å². The third kappa shape index (κ3) is 4.31. The van der Waals surface area contributed by atoms with Gasteiger partial charge in [-0.2, -0.15) is 5.10 Å². The molecule has 1 aliphatic rings. The van der Waals surface area contributed by atoms with Crippen LogP contribution in [-0.4, -0.2) is 26.6 Å². The number of carbonyl (C=O) groups is 2. The number of Topliss-reactive ketones (excluding diaryl/α,β-unsaturated/α-hetero) is 1. The predicted molar refractivity (Wildman–Crippen MR) is 67.4 cm³/mol. The number of nitrogens with zero attached hydrogens (tertiary/aromatic N) is 2. The molecule has 5 heteroatoms. The summed E-state index contributed by atoms with van der Waals surface area (Å²) in [6.07, 6.45) is 5.67. The fourth-order valence-corrected chi connectivity index (χ4v) is 2.06. The Kier molecular flexibility index (Phi) is 5.55. The maximum Gasteiger partial charge on any atom is 0.303 e. The van der Waals surface area contributed by atoms with Crippen molar-refractivity contribution in [1.82, 2.24) is 9.78 Å². The summed E-state index contributed by atoms with van der Waals surface area (Å²) in [6.45, 7) is 1.60. The van der Waals surface area contributed by atoms with Gasteiger partial charge in [0.05, 0.1) is 0 Å². The molecule has 5 nitrogen and oxygen atoms in total. The van der Waals surface area contributed by atoms with Gasteiger partial charge in [-0.3, -0.25) is 14.3 Å². The molecular weight excluding hydrogens is 232 g/mol. The Hall–Kier alpha value is -1.65. The maximum absolute atomic E-state index is 11.3. The van der Waals surface area contributed by atoms with Gasteiger partial charge in [-0.15, -0.1) is 0 Å². The zero-order valence-corrected chi connectivity index (χ0v) is 10.9. The highest BCUT2D eigenvalue weighted by molar-refractivity contribution is 5.80. The monoisotopic (exact) mass is 252 g/mol. The minimum atomic E-state index is -0.745. The van der Waals surface area contributed by atoms with Gasteiger partial charge in [0.25, 0.3) is 0 Å². The molecule has 1 fully saturated rings. The lowest BCUT2D eigenvalue weighted by molar-refractivity contribution is -0.136. The number of aliphatic carboxylic acids is 1. The smallest absolute Gasteiger partial charge is 0.303 e. The summed E-state index contributed by atoms with van der Waals surface area (Å²) in [5.74, 6) is 0.0659. The van der Waals surface area contributed by atoms with E-state index in [1.165, 1.54) is 5.69 Å². The van der Waals surface area contributed by atoms with Crippen LogP contribution in [0.5, 0.6) is 0 Å². The standard InChI is InChI=1S/C10H14N2O.C3H6O2/c1-12-10(5-6-11-12)8-3-2-4-9(13)7-8;1-2-3(4)5/h5-6,8H,2-4,7H2,1H3;2H2,1H3,(H,4,5). The van der Waals surface area contributed by atoms with Crippen molar-refractivity contribution >= 4 is 11.8 Å². The van der Waals surface area contributed by atoms with Crippen LogP contribution in [0, 0.1) is 0 Å². The van der Waals surface area contributed by atoms with Gasteiger partial charge in [0, 0.05) is 44.1 Å². The van der Waals surface area contributed by atoms with Crippen LogP contribution in [0.4, 0.5) is 0 Å². The summed E-state index contributed by atoms with van der Waals surface area (Å²) in [5, 5.41) is 11.8. The van der Waals surface area contributed by atoms with Crippen LogP contribution in [0.25, 0.3) is 0 Å². The number of hydrogen-bond donors (Lipinski definition) is 1. The van der Waals surface area contributed by atoms with Crippen molar-refractivity contribution < 1.29 is 14.7 Å². The topological polar surface area (TPSA) is 72.2 Å². The minimum absolute atomic E-state index is 0.222. The molecule has 100 valence electrons. The van der Waals surface area contributed by atoms with Crippen molar-refractivity contribution in [2.45, 2.75) is 44.9 Å². The first-order valence-electron chi connectivity index (χ1n) is 6.26. The molecule has 1 N–H and O–H groups in total. The molecule has 0 radical (unpaired) electrons. The van der Waals surface area contributed by atoms with Gasteiger partial charge in [-0.05, 0) is 18.9 Å². The SMILES string of the molecule is CCC(=O)O.Cn1nccc1C1CCCC(=O)C1. The molecular formula is C13H20N2O3. The molecule has 1 aliphatic carbocycles. The average molecular weight is 252 g/mol. The minimum Gasteiger partial charge on any atom is -0.481 e. The highest BCUT2D eigenvalue weighted by Crippen LogP contribution is 2.30. The molecule has 18 heavy (non-hydrogen) atoms. The lowest BCUT2D eigenvalue weighted by Crippen LogP contribution is -2.15. The Morgan fingerprint density at radius 1 is 1.61 bits per heavy atom. The van der Waals surface area contributed by atoms with E-state index in [2.05, 4.69) is 5.10 Å². The average Bonchev–Trinajstić information content (AvgIpc) is 2.76. The second-order valence-electron chi connectivity index (χ2n) is 4.46. The Morgan fingerprint density at radius 2 is 2.28 bits per heavy atom. The van der Waals surface area contributed by atoms with E-state index in [0.717, 1.165) is 19.3 Å². The van der Waals surface area contributed by atoms with Gasteiger partial charge >= 0.3 is 5.97 Å². The highest BCUT2D eigenvalue weighted by Gasteiger charge is 2.22. The molecule has 0 saturated heterocycles. The lowest BCUT2D eigenvalue weighted by Gasteiger charge is -2.20. The second-order valence-corrected chi connectivity index (χ2v) is 4.46. The summed E-state index contributed by atoms with van der Waals surface area (Å²) >= 11 is 0. The van der Waals surface area contributed by atoms with Gasteiger partial charge in [0.2, 0.25) is 0 Å². The van der Waals surface area contributed by atoms with E-state index in [9.17, 15) is 9.59 Å². The molecule has 0 aromatic carbocycles. The first-order valence-corrected chi connectivity index (χ1v) is 6.26. The van der Waals surface area contributed by atoms with E-state index in [1.807, 2.05) is 17.8 Å². The fourth-order valence-electron chi connectivity index (χ4n) is 2.06. The van der Waals surface area contributed by atoms with E-state index in [-0.39, 0.29) is 6.42 Å². The number of carboxylic acids is 1. The van der Waals surface area contributed by atoms with Crippen LogP contribution in [0.1, 0.15) is 50.6 Å². The normalized spacial score (nSPS) is 19.0. The maximum atomic E-state index is 11.3. The summed E-state index contributed by atoms with van der Waals surface area (Å²) < 4.78 is 1.88. The molecule has 2 rings (SSSR count). The quantitative estimate of drug-likeness (QED) is 0.875. The first-order chi connectivity index (χ1) is 8.54. The van der Waals surface area contributed by atoms with E-state index < -0.39 is 5.97 Å². The third-order valence-corrected chi connectivity index (χ3v) is 3.06. The molecule has 0 bridgehead atoms. The van der Waals surface area contributed by atoms with Crippen molar-refractivity contribution in [3.05, 3.63) is 18.0 Å². The van der Waals surface area contributed by atoms with Gasteiger partial charge in [-0.1, -0.05) is 6.92 Å². The Morgan fingerprint density at radius 3 is 2.72 bits per heavy atom. The molecule has 1 aromatic heterocycles. The van der Waals surface area contributed by atoms with Gasteiger partial charge in [0.15, 0.2) is 0 Å². The molecule has 1 atom stereocenters. The van der Waals surface area contributed by atoms with E-state index in [0.29, 0.717) is 18.1 Å². The van der Waals surface area contributed by atoms with Crippen LogP contribution in [0.15, 0.2) is 12.3 Å². The molecule has 1 saturated carbocycles. The zero-order valence-electron chi connectivity index (χ0n) is 10.9. The number of aromatic nitrogens is 2. The highest BCUT2D eigenvalue weighted by atomic mass is 16.4. The van der Waals surface area contributed by atoms with Crippen LogP contribution < -0.4 is 0 Å². The molecule has 1 unspecified atom stereocenters. The van der Waals surface area contributed by atoms with Crippen molar-refractivity contribution in [2.75, 3.05) is 0 Å². The number of carbonyl (C=O) groups excluding carboxylic acids is 1. The first kappa shape index (κ1) is 14.4. The molecule has 1 heterocycles. The Bertz CT molecular complexity index is 412. The lowest BCUT2D eigenvalue weighted by atomic mass is 9.86. The van der Waals surface area contributed by atoms with Crippen LogP contribution >= 0.6 is 0 Å². The fraction of sp³-hybridized carbons (Fsp3) is 0.615. The van der Waals surface area contributed by atoms with Crippen LogP contribution in [0.3, 0.4) is 0 Å². The van der Waals surface area contributed by atoms with Crippen molar-refractivity contribution in [1.29, 1.82) is 0 Å². The number of rotatable bonds is 2. The van der Waals surface area contributed by atoms with E-state index in [4.69, 9.17) is 5.11 Å². The van der Waals surface area contributed by atoms with Crippen molar-refractivity contribution in [2.24, 2.45) is 7.05 Å². The molecule has 1 aromatic rings. The summed E-state index contributed by atoms with van der Waals surface area (Å²) in [6, 6.07) is 2.02. The summed E-state index contributed by atoms with van der Waals surface area (Å²) in [4.78, 5) is 20.6. The van der Waals surface area contributed by atoms with E-state index >= 15 is 0 Å². The summed E-state index contributed by atoms with van der Waals surface area (Å²) in [5.41, 5.74) is 1.20. The van der Waals surface area contributed by atoms with Crippen LogP contribution in [-0.2, 0) is 16.6 Å². The third-order valence-electron chi connectivity index (χ3n) is 3.06. The zero-order chi connectivity index (χ0) is 13.5. The molecule has 0 amide bonds. The summed E-state index contributed by atoms with van der Waals surface area (Å²) in [7, 11) is 1.94.